The summed E-state index contributed by atoms with van der Waals surface area (Å²) in [5.41, 5.74) is 11.9. The predicted octanol–water partition coefficient (Wildman–Crippen LogP) is 8.06. The topological polar surface area (TPSA) is 112 Å². The Labute approximate surface area is 280 Å². The van der Waals surface area contributed by atoms with Crippen molar-refractivity contribution in [1.82, 2.24) is 5.32 Å². The minimum atomic E-state index is -0.494. The molecule has 1 amide bonds. The summed E-state index contributed by atoms with van der Waals surface area (Å²) in [6.07, 6.45) is 33.5. The van der Waals surface area contributed by atoms with Crippen LogP contribution < -0.4 is 16.8 Å². The minimum Gasteiger partial charge on any atom is -0.494 e. The van der Waals surface area contributed by atoms with Crippen LogP contribution in [0.2, 0.25) is 0 Å². The molecule has 1 aliphatic rings. The number of nitrogens with two attached hydrogens (primary N) is 2. The Hall–Kier alpha value is -4.02. The molecule has 0 fully saturated rings. The Morgan fingerprint density at radius 3 is 2.37 bits per heavy atom. The third kappa shape index (κ3) is 24.3. The molecule has 0 bridgehead atoms. The van der Waals surface area contributed by atoms with E-state index in [4.69, 9.17) is 27.4 Å². The molecule has 1 aromatic carbocycles. The molecule has 1 aromatic rings. The fourth-order valence-corrected chi connectivity index (χ4v) is 4.14. The van der Waals surface area contributed by atoms with Gasteiger partial charge in [-0.05, 0) is 68.4 Å². The van der Waals surface area contributed by atoms with Crippen molar-refractivity contribution in [1.29, 1.82) is 0 Å². The number of ether oxygens (including phenoxy) is 2. The highest BCUT2D eigenvalue weighted by Gasteiger charge is 2.14. The van der Waals surface area contributed by atoms with E-state index in [1.165, 1.54) is 0 Å². The van der Waals surface area contributed by atoms with E-state index in [-0.39, 0.29) is 18.0 Å². The van der Waals surface area contributed by atoms with Gasteiger partial charge in [-0.15, -0.1) is 6.42 Å². The summed E-state index contributed by atoms with van der Waals surface area (Å²) in [7, 11) is 0. The molecule has 2 atom stereocenters. The molecule has 5 N–H and O–H groups in total. The second-order valence-corrected chi connectivity index (χ2v) is 10.3. The highest BCUT2D eigenvalue weighted by Crippen LogP contribution is 2.13. The van der Waals surface area contributed by atoms with Crippen LogP contribution in [0, 0.1) is 12.3 Å². The van der Waals surface area contributed by atoms with E-state index in [0.29, 0.717) is 26.2 Å². The van der Waals surface area contributed by atoms with Crippen LogP contribution in [-0.2, 0) is 20.9 Å². The lowest BCUT2D eigenvalue weighted by molar-refractivity contribution is -0.122. The van der Waals surface area contributed by atoms with Gasteiger partial charge in [0.05, 0.1) is 19.3 Å². The first-order chi connectivity index (χ1) is 22.5. The maximum absolute atomic E-state index is 12.0. The highest BCUT2D eigenvalue weighted by molar-refractivity contribution is 5.85. The minimum absolute atomic E-state index is 0.0501. The standard InChI is InChI=1S/C27H40N4O3.C10H14.C2H6/c1-2-25(31-27(28)29)26(32)30-19-10-5-3-4-6-11-20-33-23-15-12-16-24(18-17-23)34-21-22-13-8-7-9-14-22;1-3-5-7-9-10-8-6-4-2;1-2/h7-9,12-18,24-25H,2-6,10-11,19-21H2,1H3,(H,30,32)(H4,28,29,31);1,5-8H,4,9-10H2,2H3;1-2H3/b;7-5-,8-6-;. The third-order valence-electron chi connectivity index (χ3n) is 6.55. The molecule has 1 aliphatic carbocycles. The number of guanidine groups is 1. The molecular formula is C39H60N4O3. The summed E-state index contributed by atoms with van der Waals surface area (Å²) in [5.74, 6) is 3.16. The SMILES string of the molecule is C#C/C=C\CC/C=C\CC.CC.CCC(N=C(N)N)C(=O)NCCCCCCCCOC1=CC=CC(OCc2ccccc2)C=C1. The zero-order valence-electron chi connectivity index (χ0n) is 28.8. The van der Waals surface area contributed by atoms with Gasteiger partial charge in [0.2, 0.25) is 5.91 Å². The normalized spacial score (nSPS) is 14.2. The van der Waals surface area contributed by atoms with E-state index < -0.39 is 6.04 Å². The van der Waals surface area contributed by atoms with E-state index in [1.807, 2.05) is 75.4 Å². The molecule has 2 rings (SSSR count). The molecule has 254 valence electrons. The number of amides is 1. The smallest absolute Gasteiger partial charge is 0.244 e. The van der Waals surface area contributed by atoms with Gasteiger partial charge in [0.25, 0.3) is 0 Å². The molecule has 2 unspecified atom stereocenters. The number of benzene rings is 1. The van der Waals surface area contributed by atoms with Crippen molar-refractivity contribution in [3.63, 3.8) is 0 Å². The van der Waals surface area contributed by atoms with Crippen molar-refractivity contribution in [2.24, 2.45) is 16.5 Å². The molecule has 0 saturated carbocycles. The van der Waals surface area contributed by atoms with E-state index >= 15 is 0 Å². The van der Waals surface area contributed by atoms with Crippen molar-refractivity contribution < 1.29 is 14.3 Å². The number of aliphatic imine (C=N–C) groups is 1. The highest BCUT2D eigenvalue weighted by atomic mass is 16.5. The van der Waals surface area contributed by atoms with Gasteiger partial charge in [0, 0.05) is 6.54 Å². The second-order valence-electron chi connectivity index (χ2n) is 10.3. The molecule has 7 heteroatoms. The molecule has 7 nitrogen and oxygen atoms in total. The van der Waals surface area contributed by atoms with Crippen LogP contribution in [0.15, 0.2) is 95.8 Å². The number of hydrogen-bond acceptors (Lipinski definition) is 4. The monoisotopic (exact) mass is 632 g/mol. The summed E-state index contributed by atoms with van der Waals surface area (Å²) < 4.78 is 11.8. The van der Waals surface area contributed by atoms with Gasteiger partial charge in [0.1, 0.15) is 11.8 Å². The van der Waals surface area contributed by atoms with Crippen molar-refractivity contribution >= 4 is 11.9 Å². The molecule has 46 heavy (non-hydrogen) atoms. The van der Waals surface area contributed by atoms with E-state index in [1.54, 1.807) is 6.08 Å². The van der Waals surface area contributed by atoms with Crippen LogP contribution in [0.3, 0.4) is 0 Å². The number of nitrogens with zero attached hydrogens (tertiary/aromatic N) is 1. The lowest BCUT2D eigenvalue weighted by atomic mass is 10.1. The zero-order valence-corrected chi connectivity index (χ0v) is 28.8. The first kappa shape index (κ1) is 42.0. The Morgan fingerprint density at radius 1 is 1.00 bits per heavy atom. The Morgan fingerprint density at radius 2 is 1.70 bits per heavy atom. The van der Waals surface area contributed by atoms with Crippen molar-refractivity contribution in [3.05, 3.63) is 96.3 Å². The van der Waals surface area contributed by atoms with E-state index in [0.717, 1.165) is 69.1 Å². The predicted molar refractivity (Wildman–Crippen MR) is 196 cm³/mol. The quantitative estimate of drug-likeness (QED) is 0.0443. The first-order valence-corrected chi connectivity index (χ1v) is 17.0. The van der Waals surface area contributed by atoms with E-state index in [2.05, 4.69) is 47.4 Å². The number of hydrogen-bond donors (Lipinski definition) is 3. The number of nitrogens with one attached hydrogen (secondary N) is 1. The van der Waals surface area contributed by atoms with Gasteiger partial charge in [-0.2, -0.15) is 0 Å². The molecule has 0 aromatic heterocycles. The van der Waals surface area contributed by atoms with Gasteiger partial charge in [-0.1, -0.05) is 120 Å². The molecule has 0 heterocycles. The van der Waals surface area contributed by atoms with Crippen LogP contribution in [-0.4, -0.2) is 37.2 Å². The van der Waals surface area contributed by atoms with Crippen molar-refractivity contribution in [2.45, 2.75) is 111 Å². The lowest BCUT2D eigenvalue weighted by Crippen LogP contribution is -2.36. The number of terminal acetylenes is 1. The van der Waals surface area contributed by atoms with Crippen LogP contribution in [0.4, 0.5) is 0 Å². The number of rotatable bonds is 20. The average Bonchev–Trinajstić information content (AvgIpc) is 3.31. The summed E-state index contributed by atoms with van der Waals surface area (Å²) >= 11 is 0. The van der Waals surface area contributed by atoms with Crippen LogP contribution >= 0.6 is 0 Å². The van der Waals surface area contributed by atoms with Gasteiger partial charge in [-0.3, -0.25) is 4.79 Å². The fourth-order valence-electron chi connectivity index (χ4n) is 4.14. The maximum atomic E-state index is 12.0. The number of unbranched alkanes of at least 4 members (excludes halogenated alkanes) is 6. The fraction of sp³-hybridized carbons (Fsp3) is 0.487. The molecule has 0 spiro atoms. The van der Waals surface area contributed by atoms with Gasteiger partial charge >= 0.3 is 0 Å². The molecule has 0 radical (unpaired) electrons. The summed E-state index contributed by atoms with van der Waals surface area (Å²) in [6, 6.07) is 9.68. The Bertz CT molecular complexity index is 1110. The molecular weight excluding hydrogens is 572 g/mol. The summed E-state index contributed by atoms with van der Waals surface area (Å²) in [6.45, 7) is 9.97. The van der Waals surface area contributed by atoms with Gasteiger partial charge < -0.3 is 26.3 Å². The van der Waals surface area contributed by atoms with Crippen LogP contribution in [0.5, 0.6) is 0 Å². The average molecular weight is 633 g/mol. The Kier molecular flexibility index (Phi) is 28.3. The summed E-state index contributed by atoms with van der Waals surface area (Å²) in [5, 5.41) is 2.91. The maximum Gasteiger partial charge on any atom is 0.244 e. The molecule has 0 aliphatic heterocycles. The largest absolute Gasteiger partial charge is 0.494 e. The zero-order chi connectivity index (χ0) is 34.1. The van der Waals surface area contributed by atoms with Crippen molar-refractivity contribution in [2.75, 3.05) is 13.2 Å². The summed E-state index contributed by atoms with van der Waals surface area (Å²) in [4.78, 5) is 16.0. The van der Waals surface area contributed by atoms with Crippen LogP contribution in [0.25, 0.3) is 0 Å². The van der Waals surface area contributed by atoms with Crippen molar-refractivity contribution in [3.8, 4) is 12.3 Å². The second kappa shape index (κ2) is 31.0. The van der Waals surface area contributed by atoms with E-state index in [9.17, 15) is 4.79 Å². The van der Waals surface area contributed by atoms with Crippen LogP contribution in [0.1, 0.15) is 97.5 Å². The van der Waals surface area contributed by atoms with Gasteiger partial charge in [0.15, 0.2) is 5.96 Å². The third-order valence-corrected chi connectivity index (χ3v) is 6.55. The number of carbonyl (C=O) groups is 1. The number of allylic oxidation sites excluding steroid dienone is 7. The van der Waals surface area contributed by atoms with Gasteiger partial charge in [-0.25, -0.2) is 4.99 Å². The number of carbonyl (C=O) groups excluding carboxylic acids is 1. The Balaban J connectivity index is 0.00000144. The molecule has 0 saturated heterocycles. The lowest BCUT2D eigenvalue weighted by Gasteiger charge is -2.11. The first-order valence-electron chi connectivity index (χ1n) is 17.0.